The predicted octanol–water partition coefficient (Wildman–Crippen LogP) is 4.56. The van der Waals surface area contributed by atoms with E-state index in [2.05, 4.69) is 26.1 Å². The van der Waals surface area contributed by atoms with Gasteiger partial charge in [0.25, 0.3) is 0 Å². The minimum atomic E-state index is 0.514. The molecule has 1 aliphatic heterocycles. The van der Waals surface area contributed by atoms with Crippen LogP contribution >= 0.6 is 27.7 Å². The van der Waals surface area contributed by atoms with E-state index in [9.17, 15) is 0 Å². The maximum Gasteiger partial charge on any atom is 0.248 e. The lowest BCUT2D eigenvalue weighted by Crippen LogP contribution is -2.15. The summed E-state index contributed by atoms with van der Waals surface area (Å²) in [5.74, 6) is 3.27. The van der Waals surface area contributed by atoms with E-state index in [1.807, 2.05) is 42.5 Å². The first-order valence-electron chi connectivity index (χ1n) is 7.39. The smallest absolute Gasteiger partial charge is 0.248 e. The lowest BCUT2D eigenvalue weighted by Gasteiger charge is -2.18. The maximum absolute atomic E-state index is 5.76. The van der Waals surface area contributed by atoms with Crippen molar-refractivity contribution in [2.24, 2.45) is 0 Å². The van der Waals surface area contributed by atoms with Gasteiger partial charge in [0.05, 0.1) is 11.3 Å². The quantitative estimate of drug-likeness (QED) is 0.593. The average Bonchev–Trinajstić information content (AvgIpc) is 3.09. The Hall–Kier alpha value is -1.99. The molecule has 1 aliphatic rings. The molecule has 2 aromatic carbocycles. The Labute approximate surface area is 151 Å². The van der Waals surface area contributed by atoms with Crippen molar-refractivity contribution in [2.45, 2.75) is 10.6 Å². The molecular formula is C17H13BrN2O3S. The highest BCUT2D eigenvalue weighted by Crippen LogP contribution is 2.35. The van der Waals surface area contributed by atoms with Gasteiger partial charge in [0.2, 0.25) is 11.8 Å². The van der Waals surface area contributed by atoms with Crippen LogP contribution in [0.5, 0.6) is 11.5 Å². The molecule has 24 heavy (non-hydrogen) atoms. The molecule has 0 saturated carbocycles. The molecular weight excluding hydrogens is 392 g/mol. The van der Waals surface area contributed by atoms with Gasteiger partial charge in [0.15, 0.2) is 11.5 Å². The molecule has 4 rings (SSSR count). The number of hydrogen-bond acceptors (Lipinski definition) is 6. The number of thioether (sulfide) groups is 1. The van der Waals surface area contributed by atoms with Crippen molar-refractivity contribution in [3.05, 3.63) is 52.8 Å². The van der Waals surface area contributed by atoms with Crippen molar-refractivity contribution >= 4 is 27.7 Å². The van der Waals surface area contributed by atoms with Crippen LogP contribution in [0.1, 0.15) is 5.89 Å². The molecule has 0 bridgehead atoms. The first-order valence-corrected chi connectivity index (χ1v) is 9.17. The minimum Gasteiger partial charge on any atom is -0.486 e. The van der Waals surface area contributed by atoms with Crippen molar-refractivity contribution in [3.8, 4) is 23.0 Å². The van der Waals surface area contributed by atoms with Gasteiger partial charge in [-0.25, -0.2) is 0 Å². The fraction of sp³-hybridized carbons (Fsp3) is 0.176. The lowest BCUT2D eigenvalue weighted by molar-refractivity contribution is 0.171. The number of aromatic nitrogens is 2. The molecule has 2 heterocycles. The standard InChI is InChI=1S/C17H13BrN2O3S/c18-13-4-2-1-3-12(13)17-20-19-16(23-17)10-24-11-5-6-14-15(9-11)22-8-7-21-14/h1-6,9H,7-8,10H2. The fourth-order valence-electron chi connectivity index (χ4n) is 2.31. The van der Waals surface area contributed by atoms with Crippen LogP contribution in [0.4, 0.5) is 0 Å². The van der Waals surface area contributed by atoms with Gasteiger partial charge in [-0.15, -0.1) is 22.0 Å². The van der Waals surface area contributed by atoms with Crippen LogP contribution in [0, 0.1) is 0 Å². The number of fused-ring (bicyclic) bond motifs is 1. The van der Waals surface area contributed by atoms with Crippen LogP contribution in [-0.4, -0.2) is 23.4 Å². The van der Waals surface area contributed by atoms with E-state index in [0.717, 1.165) is 26.4 Å². The summed E-state index contributed by atoms with van der Waals surface area (Å²) in [5.41, 5.74) is 0.889. The van der Waals surface area contributed by atoms with Gasteiger partial charge in [-0.2, -0.15) is 0 Å². The molecule has 7 heteroatoms. The zero-order valence-electron chi connectivity index (χ0n) is 12.6. The molecule has 0 radical (unpaired) electrons. The van der Waals surface area contributed by atoms with Gasteiger partial charge >= 0.3 is 0 Å². The number of nitrogens with zero attached hydrogens (tertiary/aromatic N) is 2. The summed E-state index contributed by atoms with van der Waals surface area (Å²) in [6.45, 7) is 1.18. The van der Waals surface area contributed by atoms with Gasteiger partial charge in [-0.05, 0) is 46.3 Å². The summed E-state index contributed by atoms with van der Waals surface area (Å²) in [4.78, 5) is 1.07. The van der Waals surface area contributed by atoms with Crippen LogP contribution < -0.4 is 9.47 Å². The third kappa shape index (κ3) is 3.27. The van der Waals surface area contributed by atoms with Crippen molar-refractivity contribution in [3.63, 3.8) is 0 Å². The predicted molar refractivity (Wildman–Crippen MR) is 94.4 cm³/mol. The molecule has 122 valence electrons. The van der Waals surface area contributed by atoms with Crippen LogP contribution in [0.25, 0.3) is 11.5 Å². The van der Waals surface area contributed by atoms with E-state index in [4.69, 9.17) is 13.9 Å². The third-order valence-corrected chi connectivity index (χ3v) is 5.12. The van der Waals surface area contributed by atoms with Crippen molar-refractivity contribution in [1.82, 2.24) is 10.2 Å². The third-order valence-electron chi connectivity index (χ3n) is 3.45. The number of halogens is 1. The summed E-state index contributed by atoms with van der Waals surface area (Å²) in [6, 6.07) is 13.7. The van der Waals surface area contributed by atoms with Crippen LogP contribution in [0.2, 0.25) is 0 Å². The molecule has 0 unspecified atom stereocenters. The van der Waals surface area contributed by atoms with Crippen LogP contribution in [0.15, 0.2) is 56.2 Å². The number of hydrogen-bond donors (Lipinski definition) is 0. The highest BCUT2D eigenvalue weighted by molar-refractivity contribution is 9.10. The highest BCUT2D eigenvalue weighted by atomic mass is 79.9. The topological polar surface area (TPSA) is 57.4 Å². The Morgan fingerprint density at radius 3 is 2.71 bits per heavy atom. The fourth-order valence-corrected chi connectivity index (χ4v) is 3.53. The van der Waals surface area contributed by atoms with Gasteiger partial charge in [-0.1, -0.05) is 12.1 Å². The lowest BCUT2D eigenvalue weighted by atomic mass is 10.2. The Morgan fingerprint density at radius 2 is 1.83 bits per heavy atom. The van der Waals surface area contributed by atoms with E-state index in [1.165, 1.54) is 0 Å². The molecule has 0 amide bonds. The molecule has 5 nitrogen and oxygen atoms in total. The summed E-state index contributed by atoms with van der Waals surface area (Å²) in [5, 5.41) is 8.25. The summed E-state index contributed by atoms with van der Waals surface area (Å²) in [6.07, 6.45) is 0. The Morgan fingerprint density at radius 1 is 1.00 bits per heavy atom. The van der Waals surface area contributed by atoms with E-state index >= 15 is 0 Å². The van der Waals surface area contributed by atoms with E-state index < -0.39 is 0 Å². The average molecular weight is 405 g/mol. The van der Waals surface area contributed by atoms with Crippen molar-refractivity contribution in [1.29, 1.82) is 0 Å². The normalized spacial score (nSPS) is 13.0. The van der Waals surface area contributed by atoms with Gasteiger partial charge in [0.1, 0.15) is 13.2 Å². The molecule has 0 spiro atoms. The number of rotatable bonds is 4. The van der Waals surface area contributed by atoms with E-state index in [1.54, 1.807) is 11.8 Å². The first kappa shape index (κ1) is 15.5. The summed E-state index contributed by atoms with van der Waals surface area (Å²) < 4.78 is 17.8. The zero-order chi connectivity index (χ0) is 16.4. The monoisotopic (exact) mass is 404 g/mol. The van der Waals surface area contributed by atoms with Crippen LogP contribution in [0.3, 0.4) is 0 Å². The zero-order valence-corrected chi connectivity index (χ0v) is 15.0. The van der Waals surface area contributed by atoms with Gasteiger partial charge in [-0.3, -0.25) is 0 Å². The SMILES string of the molecule is Brc1ccccc1-c1nnc(CSc2ccc3c(c2)OCCO3)o1. The minimum absolute atomic E-state index is 0.514. The van der Waals surface area contributed by atoms with E-state index in [0.29, 0.717) is 30.7 Å². The number of benzene rings is 2. The van der Waals surface area contributed by atoms with Gasteiger partial charge in [0, 0.05) is 9.37 Å². The molecule has 3 aromatic rings. The molecule has 0 fully saturated rings. The van der Waals surface area contributed by atoms with Crippen LogP contribution in [-0.2, 0) is 5.75 Å². The highest BCUT2D eigenvalue weighted by Gasteiger charge is 2.14. The molecule has 0 N–H and O–H groups in total. The Kier molecular flexibility index (Phi) is 4.44. The van der Waals surface area contributed by atoms with Crippen molar-refractivity contribution < 1.29 is 13.9 Å². The second-order valence-electron chi connectivity index (χ2n) is 5.07. The summed E-state index contributed by atoms with van der Waals surface area (Å²) in [7, 11) is 0. The molecule has 0 saturated heterocycles. The Balaban J connectivity index is 1.46. The maximum atomic E-state index is 5.76. The molecule has 0 atom stereocenters. The second-order valence-corrected chi connectivity index (χ2v) is 6.98. The molecule has 1 aromatic heterocycles. The van der Waals surface area contributed by atoms with Gasteiger partial charge < -0.3 is 13.9 Å². The van der Waals surface area contributed by atoms with Crippen molar-refractivity contribution in [2.75, 3.05) is 13.2 Å². The number of ether oxygens (including phenoxy) is 2. The Bertz CT molecular complexity index is 869. The molecule has 0 aliphatic carbocycles. The second kappa shape index (κ2) is 6.86. The summed E-state index contributed by atoms with van der Waals surface area (Å²) >= 11 is 5.11. The largest absolute Gasteiger partial charge is 0.486 e. The van der Waals surface area contributed by atoms with E-state index in [-0.39, 0.29) is 0 Å². The first-order chi connectivity index (χ1) is 11.8.